The number of aliphatic carboxylic acids is 1. The van der Waals surface area contributed by atoms with Crippen molar-refractivity contribution in [3.8, 4) is 16.9 Å². The fraction of sp³-hybridized carbons (Fsp3) is 0.304. The lowest BCUT2D eigenvalue weighted by molar-refractivity contribution is -0.144. The van der Waals surface area contributed by atoms with E-state index < -0.39 is 17.8 Å². The molecule has 3 unspecified atom stereocenters. The predicted octanol–water partition coefficient (Wildman–Crippen LogP) is 4.47. The molecular weight excluding hydrogens is 451 g/mol. The van der Waals surface area contributed by atoms with E-state index in [1.165, 1.54) is 0 Å². The molecule has 2 aromatic heterocycles. The molecule has 4 atom stereocenters. The van der Waals surface area contributed by atoms with Crippen LogP contribution in [0.3, 0.4) is 0 Å². The third-order valence-electron chi connectivity index (χ3n) is 6.55. The first-order valence-corrected chi connectivity index (χ1v) is 11.2. The van der Waals surface area contributed by atoms with Crippen LogP contribution >= 0.6 is 23.2 Å². The van der Waals surface area contributed by atoms with E-state index in [0.29, 0.717) is 21.4 Å². The van der Waals surface area contributed by atoms with Crippen molar-refractivity contribution in [2.75, 3.05) is 0 Å². The van der Waals surface area contributed by atoms with Crippen LogP contribution in [0.15, 0.2) is 48.8 Å². The molecule has 9 heteroatoms. The molecule has 2 N–H and O–H groups in total. The maximum absolute atomic E-state index is 13.2. The minimum absolute atomic E-state index is 0.127. The Morgan fingerprint density at radius 3 is 2.62 bits per heavy atom. The van der Waals surface area contributed by atoms with Gasteiger partial charge in [0.25, 0.3) is 5.91 Å². The number of carbonyl (C=O) groups is 2. The van der Waals surface area contributed by atoms with E-state index >= 15 is 0 Å². The normalized spacial score (nSPS) is 23.9. The number of pyridine rings is 1. The predicted molar refractivity (Wildman–Crippen MR) is 120 cm³/mol. The Hall–Kier alpha value is -2.90. The lowest BCUT2D eigenvalue weighted by Crippen LogP contribution is -2.46. The Labute approximate surface area is 194 Å². The summed E-state index contributed by atoms with van der Waals surface area (Å²) in [6, 6.07) is 10.1. The zero-order valence-corrected chi connectivity index (χ0v) is 18.4. The zero-order chi connectivity index (χ0) is 22.4. The topological polar surface area (TPSA) is 97.1 Å². The van der Waals surface area contributed by atoms with Crippen LogP contribution < -0.4 is 5.32 Å². The van der Waals surface area contributed by atoms with Gasteiger partial charge in [-0.25, -0.2) is 4.68 Å². The van der Waals surface area contributed by atoms with Crippen molar-refractivity contribution < 1.29 is 14.7 Å². The van der Waals surface area contributed by atoms with Crippen molar-refractivity contribution in [3.63, 3.8) is 0 Å². The molecule has 1 aromatic carbocycles. The van der Waals surface area contributed by atoms with E-state index in [9.17, 15) is 14.7 Å². The van der Waals surface area contributed by atoms with Gasteiger partial charge >= 0.3 is 5.97 Å². The summed E-state index contributed by atoms with van der Waals surface area (Å²) in [6.07, 6.45) is 6.05. The number of benzene rings is 1. The number of carbonyl (C=O) groups excluding carboxylic acids is 1. The molecule has 0 saturated heterocycles. The van der Waals surface area contributed by atoms with Gasteiger partial charge in [-0.05, 0) is 67.5 Å². The summed E-state index contributed by atoms with van der Waals surface area (Å²) in [7, 11) is 0. The van der Waals surface area contributed by atoms with E-state index in [1.54, 1.807) is 47.4 Å². The largest absolute Gasteiger partial charge is 0.481 e. The highest BCUT2D eigenvalue weighted by Gasteiger charge is 2.51. The van der Waals surface area contributed by atoms with Crippen LogP contribution in [0.2, 0.25) is 10.0 Å². The Bertz CT molecular complexity index is 1200. The quantitative estimate of drug-likeness (QED) is 0.573. The SMILES string of the molecule is O=C(N[C@@H]1C2CCC(C2)C1C(=O)O)c1cc(-c2cccnc2)n(-c2ccc(Cl)c(Cl)c2)n1. The Morgan fingerprint density at radius 1 is 1.09 bits per heavy atom. The van der Waals surface area contributed by atoms with Gasteiger partial charge in [0.05, 0.1) is 27.3 Å². The van der Waals surface area contributed by atoms with Gasteiger partial charge in [-0.3, -0.25) is 14.6 Å². The van der Waals surface area contributed by atoms with Crippen LogP contribution in [0.4, 0.5) is 0 Å². The molecule has 2 bridgehead atoms. The highest BCUT2D eigenvalue weighted by molar-refractivity contribution is 6.42. The number of aromatic nitrogens is 3. The van der Waals surface area contributed by atoms with Crippen LogP contribution in [0.5, 0.6) is 0 Å². The fourth-order valence-electron chi connectivity index (χ4n) is 5.11. The van der Waals surface area contributed by atoms with Gasteiger partial charge in [-0.1, -0.05) is 23.2 Å². The van der Waals surface area contributed by atoms with Crippen LogP contribution in [0.25, 0.3) is 16.9 Å². The summed E-state index contributed by atoms with van der Waals surface area (Å²) >= 11 is 12.3. The van der Waals surface area contributed by atoms with E-state index in [0.717, 1.165) is 24.8 Å². The van der Waals surface area contributed by atoms with Crippen LogP contribution in [0.1, 0.15) is 29.8 Å². The van der Waals surface area contributed by atoms with Crippen molar-refractivity contribution in [2.45, 2.75) is 25.3 Å². The first-order valence-electron chi connectivity index (χ1n) is 10.4. The summed E-state index contributed by atoms with van der Waals surface area (Å²) in [4.78, 5) is 29.1. The second kappa shape index (κ2) is 8.22. The molecule has 32 heavy (non-hydrogen) atoms. The van der Waals surface area contributed by atoms with Gasteiger partial charge in [0.1, 0.15) is 0 Å². The van der Waals surface area contributed by atoms with Crippen molar-refractivity contribution in [2.24, 2.45) is 17.8 Å². The van der Waals surface area contributed by atoms with Crippen LogP contribution in [-0.4, -0.2) is 37.8 Å². The summed E-state index contributed by atoms with van der Waals surface area (Å²) in [5.74, 6) is -1.46. The third kappa shape index (κ3) is 3.65. The summed E-state index contributed by atoms with van der Waals surface area (Å²) in [5, 5.41) is 18.0. The van der Waals surface area contributed by atoms with Gasteiger partial charge in [0, 0.05) is 24.0 Å². The van der Waals surface area contributed by atoms with Gasteiger partial charge in [-0.15, -0.1) is 0 Å². The van der Waals surface area contributed by atoms with Gasteiger partial charge in [-0.2, -0.15) is 5.10 Å². The molecule has 2 aliphatic rings. The average molecular weight is 471 g/mol. The summed E-state index contributed by atoms with van der Waals surface area (Å²) in [5.41, 5.74) is 2.26. The first kappa shape index (κ1) is 21.0. The molecule has 2 heterocycles. The van der Waals surface area contributed by atoms with Crippen LogP contribution in [0, 0.1) is 17.8 Å². The number of halogens is 2. The van der Waals surface area contributed by atoms with Crippen molar-refractivity contribution in [3.05, 3.63) is 64.5 Å². The molecule has 0 aliphatic heterocycles. The van der Waals surface area contributed by atoms with E-state index in [-0.39, 0.29) is 23.6 Å². The molecule has 1 amide bonds. The van der Waals surface area contributed by atoms with Crippen molar-refractivity contribution in [1.82, 2.24) is 20.1 Å². The Morgan fingerprint density at radius 2 is 1.91 bits per heavy atom. The lowest BCUT2D eigenvalue weighted by atomic mass is 9.84. The summed E-state index contributed by atoms with van der Waals surface area (Å²) < 4.78 is 1.61. The standard InChI is InChI=1S/C23H20Cl2N4O3/c24-16-6-5-15(9-17(16)25)29-19(14-2-1-7-26-11-14)10-18(28-29)22(30)27-21-13-4-3-12(8-13)20(21)23(31)32/h1-2,5-7,9-13,20-21H,3-4,8H2,(H,27,30)(H,31,32)/t12?,13?,20?,21-/m1/s1. The van der Waals surface area contributed by atoms with E-state index in [4.69, 9.17) is 23.2 Å². The van der Waals surface area contributed by atoms with Crippen molar-refractivity contribution >= 4 is 35.1 Å². The molecule has 0 spiro atoms. The number of nitrogens with zero attached hydrogens (tertiary/aromatic N) is 3. The second-order valence-corrected chi connectivity index (χ2v) is 9.18. The highest BCUT2D eigenvalue weighted by atomic mass is 35.5. The Balaban J connectivity index is 1.50. The fourth-order valence-corrected chi connectivity index (χ4v) is 5.40. The summed E-state index contributed by atoms with van der Waals surface area (Å²) in [6.45, 7) is 0. The van der Waals surface area contributed by atoms with Gasteiger partial charge in [0.15, 0.2) is 5.69 Å². The van der Waals surface area contributed by atoms with Gasteiger partial charge in [0.2, 0.25) is 0 Å². The smallest absolute Gasteiger partial charge is 0.308 e. The second-order valence-electron chi connectivity index (χ2n) is 8.36. The molecule has 7 nitrogen and oxygen atoms in total. The number of rotatable bonds is 5. The number of carboxylic acids is 1. The van der Waals surface area contributed by atoms with E-state index in [2.05, 4.69) is 15.4 Å². The number of nitrogens with one attached hydrogen (secondary N) is 1. The van der Waals surface area contributed by atoms with Crippen molar-refractivity contribution in [1.29, 1.82) is 0 Å². The Kier molecular flexibility index (Phi) is 5.39. The van der Waals surface area contributed by atoms with Crippen LogP contribution in [-0.2, 0) is 4.79 Å². The minimum Gasteiger partial charge on any atom is -0.481 e. The molecule has 3 aromatic rings. The number of hydrogen-bond acceptors (Lipinski definition) is 4. The molecule has 2 fully saturated rings. The highest BCUT2D eigenvalue weighted by Crippen LogP contribution is 2.48. The molecule has 2 saturated carbocycles. The minimum atomic E-state index is -0.847. The maximum atomic E-state index is 13.2. The average Bonchev–Trinajstić information content (AvgIpc) is 3.51. The maximum Gasteiger partial charge on any atom is 0.308 e. The molecule has 2 aliphatic carbocycles. The first-order chi connectivity index (χ1) is 15.4. The molecular formula is C23H20Cl2N4O3. The molecule has 164 valence electrons. The number of fused-ring (bicyclic) bond motifs is 2. The molecule has 5 rings (SSSR count). The van der Waals surface area contributed by atoms with E-state index in [1.807, 2.05) is 6.07 Å². The van der Waals surface area contributed by atoms with Gasteiger partial charge < -0.3 is 10.4 Å². The zero-order valence-electron chi connectivity index (χ0n) is 16.9. The molecule has 0 radical (unpaired) electrons. The lowest BCUT2D eigenvalue weighted by Gasteiger charge is -2.28. The number of amides is 1. The number of hydrogen-bond donors (Lipinski definition) is 2. The number of carboxylic acid groups (broad SMARTS) is 1. The third-order valence-corrected chi connectivity index (χ3v) is 7.29. The monoisotopic (exact) mass is 470 g/mol.